The maximum Gasteiger partial charge on any atom is 0.228 e. The first-order valence-electron chi connectivity index (χ1n) is 9.66. The smallest absolute Gasteiger partial charge is 0.228 e. The summed E-state index contributed by atoms with van der Waals surface area (Å²) in [6.07, 6.45) is 2.42. The van der Waals surface area contributed by atoms with Crippen LogP contribution in [-0.4, -0.2) is 67.9 Å². The van der Waals surface area contributed by atoms with E-state index in [2.05, 4.69) is 33.8 Å². The van der Waals surface area contributed by atoms with Gasteiger partial charge in [-0.3, -0.25) is 14.4 Å². The van der Waals surface area contributed by atoms with Crippen molar-refractivity contribution in [2.45, 2.75) is 39.4 Å². The quantitative estimate of drug-likeness (QED) is 0.798. The summed E-state index contributed by atoms with van der Waals surface area (Å²) in [5.41, 5.74) is 3.12. The molecule has 1 saturated heterocycles. The van der Waals surface area contributed by atoms with Crippen molar-refractivity contribution >= 4 is 5.91 Å². The number of morpholine rings is 1. The van der Waals surface area contributed by atoms with E-state index >= 15 is 0 Å². The molecule has 146 valence electrons. The Hall–Kier alpha value is -2.19. The summed E-state index contributed by atoms with van der Waals surface area (Å²) in [4.78, 5) is 21.6. The van der Waals surface area contributed by atoms with Crippen LogP contribution in [0.3, 0.4) is 0 Å². The number of fused-ring (bicyclic) bond motifs is 1. The number of carbonyl (C=O) groups is 1. The van der Waals surface area contributed by atoms with Gasteiger partial charge in [0.15, 0.2) is 0 Å². The van der Waals surface area contributed by atoms with Crippen LogP contribution in [0.2, 0.25) is 0 Å². The summed E-state index contributed by atoms with van der Waals surface area (Å²) < 4.78 is 9.49. The minimum Gasteiger partial charge on any atom is -0.378 e. The topological polar surface area (TPSA) is 68.4 Å². The average molecular weight is 372 g/mol. The number of ether oxygens (including phenoxy) is 1. The fourth-order valence-corrected chi connectivity index (χ4v) is 3.99. The van der Waals surface area contributed by atoms with Gasteiger partial charge in [0, 0.05) is 46.0 Å². The van der Waals surface area contributed by atoms with E-state index in [0.717, 1.165) is 36.8 Å². The maximum absolute atomic E-state index is 12.5. The Bertz CT molecular complexity index is 820. The van der Waals surface area contributed by atoms with E-state index in [4.69, 9.17) is 9.72 Å². The number of aryl methyl sites for hydroxylation is 2. The van der Waals surface area contributed by atoms with Crippen LogP contribution in [0.1, 0.15) is 35.9 Å². The highest BCUT2D eigenvalue weighted by Crippen LogP contribution is 2.26. The van der Waals surface area contributed by atoms with Crippen molar-refractivity contribution in [2.24, 2.45) is 7.05 Å². The lowest BCUT2D eigenvalue weighted by Crippen LogP contribution is -2.41. The SMILES string of the molecule is Cc1cc(CN2CCn3cc(CC(=O)N4CCOCC4)nc3C2C)n(C)n1. The van der Waals surface area contributed by atoms with E-state index in [9.17, 15) is 4.79 Å². The highest BCUT2D eigenvalue weighted by Gasteiger charge is 2.28. The van der Waals surface area contributed by atoms with E-state index in [1.54, 1.807) is 0 Å². The summed E-state index contributed by atoms with van der Waals surface area (Å²) in [7, 11) is 1.99. The summed E-state index contributed by atoms with van der Waals surface area (Å²) in [6.45, 7) is 9.55. The zero-order valence-electron chi connectivity index (χ0n) is 16.4. The molecule has 0 radical (unpaired) electrons. The third-order valence-corrected chi connectivity index (χ3v) is 5.57. The molecular formula is C19H28N6O2. The Kier molecular flexibility index (Phi) is 5.01. The van der Waals surface area contributed by atoms with Gasteiger partial charge in [-0.2, -0.15) is 5.10 Å². The first-order chi connectivity index (χ1) is 13.0. The summed E-state index contributed by atoms with van der Waals surface area (Å²) in [5, 5.41) is 4.45. The third kappa shape index (κ3) is 3.77. The molecule has 1 unspecified atom stereocenters. The first-order valence-corrected chi connectivity index (χ1v) is 9.66. The van der Waals surface area contributed by atoms with E-state index in [-0.39, 0.29) is 11.9 Å². The van der Waals surface area contributed by atoms with Crippen LogP contribution in [0, 0.1) is 6.92 Å². The molecule has 1 amide bonds. The fraction of sp³-hybridized carbons (Fsp3) is 0.632. The minimum atomic E-state index is 0.142. The molecule has 2 aliphatic rings. The second kappa shape index (κ2) is 7.44. The van der Waals surface area contributed by atoms with Crippen molar-refractivity contribution in [1.29, 1.82) is 0 Å². The van der Waals surface area contributed by atoms with Crippen molar-refractivity contribution < 1.29 is 9.53 Å². The molecule has 0 bridgehead atoms. The fourth-order valence-electron chi connectivity index (χ4n) is 3.99. The Morgan fingerprint density at radius 3 is 2.74 bits per heavy atom. The molecule has 2 aromatic heterocycles. The third-order valence-electron chi connectivity index (χ3n) is 5.57. The second-order valence-electron chi connectivity index (χ2n) is 7.50. The van der Waals surface area contributed by atoms with Crippen molar-refractivity contribution in [3.63, 3.8) is 0 Å². The molecule has 1 fully saturated rings. The maximum atomic E-state index is 12.5. The van der Waals surface area contributed by atoms with Crippen LogP contribution < -0.4 is 0 Å². The van der Waals surface area contributed by atoms with Crippen LogP contribution in [0.25, 0.3) is 0 Å². The van der Waals surface area contributed by atoms with E-state index in [1.165, 1.54) is 5.69 Å². The van der Waals surface area contributed by atoms with Crippen LogP contribution in [0.5, 0.6) is 0 Å². The van der Waals surface area contributed by atoms with Gasteiger partial charge >= 0.3 is 0 Å². The number of rotatable bonds is 4. The monoisotopic (exact) mass is 372 g/mol. The van der Waals surface area contributed by atoms with E-state index < -0.39 is 0 Å². The van der Waals surface area contributed by atoms with Crippen LogP contribution >= 0.6 is 0 Å². The van der Waals surface area contributed by atoms with Crippen LogP contribution in [0.15, 0.2) is 12.3 Å². The molecule has 4 heterocycles. The Labute approximate surface area is 159 Å². The number of carbonyl (C=O) groups excluding carboxylic acids is 1. The largest absolute Gasteiger partial charge is 0.378 e. The molecule has 8 nitrogen and oxygen atoms in total. The number of nitrogens with zero attached hydrogens (tertiary/aromatic N) is 6. The second-order valence-corrected chi connectivity index (χ2v) is 7.50. The van der Waals surface area contributed by atoms with E-state index in [0.29, 0.717) is 32.7 Å². The van der Waals surface area contributed by atoms with Crippen molar-refractivity contribution in [3.8, 4) is 0 Å². The number of amides is 1. The highest BCUT2D eigenvalue weighted by atomic mass is 16.5. The highest BCUT2D eigenvalue weighted by molar-refractivity contribution is 5.78. The average Bonchev–Trinajstić information content (AvgIpc) is 3.21. The molecule has 1 atom stereocenters. The van der Waals surface area contributed by atoms with Gasteiger partial charge < -0.3 is 14.2 Å². The zero-order valence-corrected chi connectivity index (χ0v) is 16.4. The lowest BCUT2D eigenvalue weighted by molar-refractivity contribution is -0.134. The number of hydrogen-bond acceptors (Lipinski definition) is 5. The summed E-state index contributed by atoms with van der Waals surface area (Å²) in [6, 6.07) is 2.35. The van der Waals surface area contributed by atoms with Crippen LogP contribution in [0.4, 0.5) is 0 Å². The first kappa shape index (κ1) is 18.2. The Morgan fingerprint density at radius 2 is 2.04 bits per heavy atom. The molecule has 2 aromatic rings. The molecule has 0 aliphatic carbocycles. The molecule has 0 spiro atoms. The molecule has 2 aliphatic heterocycles. The van der Waals surface area contributed by atoms with Crippen molar-refractivity contribution in [3.05, 3.63) is 35.2 Å². The molecule has 0 aromatic carbocycles. The van der Waals surface area contributed by atoms with Gasteiger partial charge in [-0.25, -0.2) is 4.98 Å². The minimum absolute atomic E-state index is 0.142. The molecule has 4 rings (SSSR count). The predicted molar refractivity (Wildman–Crippen MR) is 100 cm³/mol. The van der Waals surface area contributed by atoms with Crippen LogP contribution in [-0.2, 0) is 36.1 Å². The van der Waals surface area contributed by atoms with Gasteiger partial charge in [0.25, 0.3) is 0 Å². The van der Waals surface area contributed by atoms with Crippen molar-refractivity contribution in [2.75, 3.05) is 32.8 Å². The molecule has 8 heteroatoms. The van der Waals surface area contributed by atoms with Gasteiger partial charge in [0.05, 0.1) is 42.8 Å². The summed E-state index contributed by atoms with van der Waals surface area (Å²) >= 11 is 0. The zero-order chi connectivity index (χ0) is 19.0. The number of hydrogen-bond donors (Lipinski definition) is 0. The van der Waals surface area contributed by atoms with Gasteiger partial charge in [-0.15, -0.1) is 0 Å². The molecule has 27 heavy (non-hydrogen) atoms. The van der Waals surface area contributed by atoms with Gasteiger partial charge in [0.1, 0.15) is 5.82 Å². The van der Waals surface area contributed by atoms with Gasteiger partial charge in [-0.1, -0.05) is 0 Å². The lowest BCUT2D eigenvalue weighted by atomic mass is 10.2. The molecular weight excluding hydrogens is 344 g/mol. The van der Waals surface area contributed by atoms with Gasteiger partial charge in [0.2, 0.25) is 5.91 Å². The standard InChI is InChI=1S/C19H28N6O2/c1-14-10-17(22(3)21-14)13-24-4-5-25-12-16(20-19(25)15(24)2)11-18(26)23-6-8-27-9-7-23/h10,12,15H,4-9,11,13H2,1-3H3. The summed E-state index contributed by atoms with van der Waals surface area (Å²) in [5.74, 6) is 1.19. The molecule has 0 saturated carbocycles. The molecule has 0 N–H and O–H groups in total. The Balaban J connectivity index is 1.44. The lowest BCUT2D eigenvalue weighted by Gasteiger charge is -2.33. The predicted octanol–water partition coefficient (Wildman–Crippen LogP) is 0.903. The van der Waals surface area contributed by atoms with Gasteiger partial charge in [-0.05, 0) is 19.9 Å². The number of imidazole rings is 1. The van der Waals surface area contributed by atoms with Crippen molar-refractivity contribution in [1.82, 2.24) is 29.1 Å². The normalized spacial score (nSPS) is 20.7. The Morgan fingerprint density at radius 1 is 1.26 bits per heavy atom. The number of aromatic nitrogens is 4. The van der Waals surface area contributed by atoms with E-state index in [1.807, 2.05) is 23.6 Å².